The second-order valence-corrected chi connectivity index (χ2v) is 4.71. The molecule has 80 valence electrons. The topological polar surface area (TPSA) is 20.2 Å². The Morgan fingerprint density at radius 3 is 2.00 bits per heavy atom. The van der Waals surface area contributed by atoms with Gasteiger partial charge in [0.25, 0.3) is 0 Å². The largest absolute Gasteiger partial charge is 0.393 e. The van der Waals surface area contributed by atoms with Gasteiger partial charge in [-0.2, -0.15) is 0 Å². The number of unbranched alkanes of at least 4 members (excludes halogenated alkanes) is 1. The molecule has 0 saturated heterocycles. The molecule has 0 heterocycles. The Morgan fingerprint density at radius 2 is 1.62 bits per heavy atom. The van der Waals surface area contributed by atoms with Gasteiger partial charge in [0.15, 0.2) is 0 Å². The molecule has 0 aromatic rings. The van der Waals surface area contributed by atoms with Gasteiger partial charge in [-0.3, -0.25) is 0 Å². The van der Waals surface area contributed by atoms with Gasteiger partial charge in [0.05, 0.1) is 6.10 Å². The van der Waals surface area contributed by atoms with E-state index >= 15 is 0 Å². The van der Waals surface area contributed by atoms with Gasteiger partial charge >= 0.3 is 0 Å². The first-order chi connectivity index (χ1) is 6.00. The first-order valence-electron chi connectivity index (χ1n) is 5.68. The second-order valence-electron chi connectivity index (χ2n) is 4.71. The zero-order valence-corrected chi connectivity index (χ0v) is 9.88. The summed E-state index contributed by atoms with van der Waals surface area (Å²) < 4.78 is 0. The molecule has 0 saturated carbocycles. The van der Waals surface area contributed by atoms with Crippen LogP contribution in [0.15, 0.2) is 0 Å². The Balaban J connectivity index is 3.86. The summed E-state index contributed by atoms with van der Waals surface area (Å²) in [6.07, 6.45) is 3.51. The molecule has 0 fully saturated rings. The lowest BCUT2D eigenvalue weighted by molar-refractivity contribution is 0.0409. The fourth-order valence-electron chi connectivity index (χ4n) is 1.61. The molecule has 1 N–H and O–H groups in total. The van der Waals surface area contributed by atoms with Gasteiger partial charge in [-0.1, -0.05) is 47.5 Å². The van der Waals surface area contributed by atoms with Crippen molar-refractivity contribution >= 4 is 0 Å². The van der Waals surface area contributed by atoms with Gasteiger partial charge < -0.3 is 5.11 Å². The van der Waals surface area contributed by atoms with Crippen molar-refractivity contribution in [2.45, 2.75) is 60.0 Å². The molecule has 0 amide bonds. The number of aliphatic hydroxyl groups is 1. The molecule has 0 bridgehead atoms. The lowest BCUT2D eigenvalue weighted by Crippen LogP contribution is -2.28. The molecule has 0 aromatic heterocycles. The van der Waals surface area contributed by atoms with Crippen LogP contribution < -0.4 is 0 Å². The Hall–Kier alpha value is -0.0400. The van der Waals surface area contributed by atoms with E-state index in [0.717, 1.165) is 6.42 Å². The molecule has 0 aliphatic rings. The van der Waals surface area contributed by atoms with Crippen LogP contribution in [0.4, 0.5) is 0 Å². The first-order valence-corrected chi connectivity index (χ1v) is 5.68. The average Bonchev–Trinajstić information content (AvgIpc) is 2.11. The van der Waals surface area contributed by atoms with Crippen LogP contribution in [0.1, 0.15) is 53.9 Å². The fourth-order valence-corrected chi connectivity index (χ4v) is 1.61. The molecule has 0 aliphatic heterocycles. The van der Waals surface area contributed by atoms with Gasteiger partial charge in [0.2, 0.25) is 0 Å². The fraction of sp³-hybridized carbons (Fsp3) is 1.00. The molecule has 0 rings (SSSR count). The molecule has 3 atom stereocenters. The SMILES string of the molecule is CCCCC(C)C(O)C(C)C(C)C. The molecule has 3 unspecified atom stereocenters. The summed E-state index contributed by atoms with van der Waals surface area (Å²) in [6.45, 7) is 10.9. The van der Waals surface area contributed by atoms with Crippen LogP contribution in [-0.2, 0) is 0 Å². The highest BCUT2D eigenvalue weighted by atomic mass is 16.3. The van der Waals surface area contributed by atoms with Crippen LogP contribution >= 0.6 is 0 Å². The van der Waals surface area contributed by atoms with E-state index in [1.54, 1.807) is 0 Å². The van der Waals surface area contributed by atoms with Crippen molar-refractivity contribution in [3.05, 3.63) is 0 Å². The van der Waals surface area contributed by atoms with Gasteiger partial charge in [-0.15, -0.1) is 0 Å². The molecule has 1 heteroatoms. The summed E-state index contributed by atoms with van der Waals surface area (Å²) in [5.41, 5.74) is 0. The second kappa shape index (κ2) is 6.42. The first kappa shape index (κ1) is 13.0. The van der Waals surface area contributed by atoms with Crippen molar-refractivity contribution in [3.63, 3.8) is 0 Å². The minimum Gasteiger partial charge on any atom is -0.393 e. The Kier molecular flexibility index (Phi) is 6.40. The van der Waals surface area contributed by atoms with Crippen molar-refractivity contribution in [1.29, 1.82) is 0 Å². The monoisotopic (exact) mass is 186 g/mol. The van der Waals surface area contributed by atoms with E-state index in [1.165, 1.54) is 12.8 Å². The van der Waals surface area contributed by atoms with Crippen LogP contribution in [0, 0.1) is 17.8 Å². The highest BCUT2D eigenvalue weighted by molar-refractivity contribution is 4.72. The lowest BCUT2D eigenvalue weighted by atomic mass is 9.83. The van der Waals surface area contributed by atoms with Crippen LogP contribution in [0.2, 0.25) is 0 Å². The van der Waals surface area contributed by atoms with E-state index in [1.807, 2.05) is 0 Å². The van der Waals surface area contributed by atoms with Crippen LogP contribution in [0.5, 0.6) is 0 Å². The van der Waals surface area contributed by atoms with Crippen molar-refractivity contribution in [2.24, 2.45) is 17.8 Å². The van der Waals surface area contributed by atoms with E-state index in [-0.39, 0.29) is 6.10 Å². The molecule has 13 heavy (non-hydrogen) atoms. The Labute approximate surface area is 83.5 Å². The summed E-state index contributed by atoms with van der Waals surface area (Å²) in [7, 11) is 0. The van der Waals surface area contributed by atoms with Crippen LogP contribution in [-0.4, -0.2) is 11.2 Å². The predicted octanol–water partition coefficient (Wildman–Crippen LogP) is 3.47. The number of aliphatic hydroxyl groups excluding tert-OH is 1. The third-order valence-corrected chi connectivity index (χ3v) is 3.19. The standard InChI is InChI=1S/C12H26O/c1-6-7-8-10(4)12(13)11(5)9(2)3/h9-13H,6-8H2,1-5H3. The summed E-state index contributed by atoms with van der Waals surface area (Å²) in [5, 5.41) is 9.98. The normalized spacial score (nSPS) is 18.7. The number of hydrogen-bond acceptors (Lipinski definition) is 1. The van der Waals surface area contributed by atoms with Crippen molar-refractivity contribution in [1.82, 2.24) is 0 Å². The van der Waals surface area contributed by atoms with Gasteiger partial charge in [0, 0.05) is 0 Å². The van der Waals surface area contributed by atoms with E-state index < -0.39 is 0 Å². The van der Waals surface area contributed by atoms with E-state index in [9.17, 15) is 5.11 Å². The Bertz CT molecular complexity index is 120. The minimum absolute atomic E-state index is 0.119. The maximum absolute atomic E-state index is 9.98. The van der Waals surface area contributed by atoms with Gasteiger partial charge in [-0.25, -0.2) is 0 Å². The third kappa shape index (κ3) is 4.66. The minimum atomic E-state index is -0.119. The zero-order valence-electron chi connectivity index (χ0n) is 9.88. The summed E-state index contributed by atoms with van der Waals surface area (Å²) in [4.78, 5) is 0. The third-order valence-electron chi connectivity index (χ3n) is 3.19. The van der Waals surface area contributed by atoms with Gasteiger partial charge in [0.1, 0.15) is 0 Å². The summed E-state index contributed by atoms with van der Waals surface area (Å²) >= 11 is 0. The van der Waals surface area contributed by atoms with Crippen molar-refractivity contribution < 1.29 is 5.11 Å². The van der Waals surface area contributed by atoms with E-state index in [2.05, 4.69) is 34.6 Å². The molecule has 0 spiro atoms. The smallest absolute Gasteiger partial charge is 0.0593 e. The zero-order chi connectivity index (χ0) is 10.4. The van der Waals surface area contributed by atoms with Crippen molar-refractivity contribution in [2.75, 3.05) is 0 Å². The molecule has 0 aromatic carbocycles. The highest BCUT2D eigenvalue weighted by Crippen LogP contribution is 2.23. The molecular formula is C12H26O. The molecular weight excluding hydrogens is 160 g/mol. The molecule has 0 aliphatic carbocycles. The van der Waals surface area contributed by atoms with Gasteiger partial charge in [-0.05, 0) is 24.2 Å². The summed E-state index contributed by atoms with van der Waals surface area (Å²) in [5.74, 6) is 1.46. The number of rotatable bonds is 6. The average molecular weight is 186 g/mol. The lowest BCUT2D eigenvalue weighted by Gasteiger charge is -2.27. The maximum Gasteiger partial charge on any atom is 0.0593 e. The molecule has 1 nitrogen and oxygen atoms in total. The maximum atomic E-state index is 9.98. The predicted molar refractivity (Wildman–Crippen MR) is 58.7 cm³/mol. The van der Waals surface area contributed by atoms with Crippen LogP contribution in [0.25, 0.3) is 0 Å². The molecule has 0 radical (unpaired) electrons. The quantitative estimate of drug-likeness (QED) is 0.673. The van der Waals surface area contributed by atoms with Crippen LogP contribution in [0.3, 0.4) is 0 Å². The van der Waals surface area contributed by atoms with E-state index in [4.69, 9.17) is 0 Å². The van der Waals surface area contributed by atoms with Crippen molar-refractivity contribution in [3.8, 4) is 0 Å². The Morgan fingerprint density at radius 1 is 1.08 bits per heavy atom. The van der Waals surface area contributed by atoms with E-state index in [0.29, 0.717) is 17.8 Å². The number of hydrogen-bond donors (Lipinski definition) is 1. The summed E-state index contributed by atoms with van der Waals surface area (Å²) in [6, 6.07) is 0. The highest BCUT2D eigenvalue weighted by Gasteiger charge is 2.22.